The van der Waals surface area contributed by atoms with E-state index in [4.69, 9.17) is 9.26 Å². The maximum Gasteiger partial charge on any atom is 0.231 e. The van der Waals surface area contributed by atoms with Crippen LogP contribution in [0.4, 0.5) is 0 Å². The summed E-state index contributed by atoms with van der Waals surface area (Å²) in [4.78, 5) is 4.68. The van der Waals surface area contributed by atoms with Crippen molar-refractivity contribution in [3.8, 4) is 5.75 Å². The van der Waals surface area contributed by atoms with Crippen molar-refractivity contribution in [2.75, 3.05) is 19.7 Å². The van der Waals surface area contributed by atoms with E-state index in [1.807, 2.05) is 18.2 Å². The summed E-state index contributed by atoms with van der Waals surface area (Å²) in [6.45, 7) is 2.73. The maximum atomic E-state index is 5.70. The summed E-state index contributed by atoms with van der Waals surface area (Å²) in [6, 6.07) is 8.13. The van der Waals surface area contributed by atoms with Crippen LogP contribution in [0.15, 0.2) is 28.8 Å². The molecule has 2 aliphatic heterocycles. The van der Waals surface area contributed by atoms with Crippen LogP contribution >= 0.6 is 0 Å². The van der Waals surface area contributed by atoms with Crippen molar-refractivity contribution in [3.05, 3.63) is 41.5 Å². The Hall–Kier alpha value is -1.88. The minimum atomic E-state index is 0.184. The Labute approximate surface area is 123 Å². The highest BCUT2D eigenvalue weighted by atomic mass is 16.5. The lowest BCUT2D eigenvalue weighted by Gasteiger charge is -2.23. The normalized spacial score (nSPS) is 25.1. The molecule has 5 nitrogen and oxygen atoms in total. The van der Waals surface area contributed by atoms with Gasteiger partial charge in [0.25, 0.3) is 0 Å². The zero-order chi connectivity index (χ0) is 14.1. The zero-order valence-corrected chi connectivity index (χ0v) is 11.9. The number of rotatable bonds is 2. The van der Waals surface area contributed by atoms with Crippen LogP contribution in [0, 0.1) is 0 Å². The number of piperidine rings is 1. The molecule has 0 radical (unpaired) electrons. The molecule has 3 heterocycles. The van der Waals surface area contributed by atoms with Gasteiger partial charge in [-0.05, 0) is 31.9 Å². The van der Waals surface area contributed by atoms with E-state index in [-0.39, 0.29) is 5.92 Å². The smallest absolute Gasteiger partial charge is 0.231 e. The second-order valence-corrected chi connectivity index (χ2v) is 5.76. The quantitative estimate of drug-likeness (QED) is 0.918. The first kappa shape index (κ1) is 12.8. The van der Waals surface area contributed by atoms with E-state index >= 15 is 0 Å². The SMILES string of the molecule is c1ccc2c(c1)OCCC2c1noc([C@H]2CCCNC2)n1. The van der Waals surface area contributed by atoms with Crippen LogP contribution in [0.5, 0.6) is 5.75 Å². The monoisotopic (exact) mass is 285 g/mol. The lowest BCUT2D eigenvalue weighted by atomic mass is 9.92. The number of hydrogen-bond donors (Lipinski definition) is 1. The van der Waals surface area contributed by atoms with Gasteiger partial charge in [0.15, 0.2) is 5.82 Å². The first-order valence-electron chi connectivity index (χ1n) is 7.68. The molecule has 0 saturated carbocycles. The minimum Gasteiger partial charge on any atom is -0.493 e. The summed E-state index contributed by atoms with van der Waals surface area (Å²) in [5.74, 6) is 3.06. The third-order valence-electron chi connectivity index (χ3n) is 4.37. The van der Waals surface area contributed by atoms with Crippen molar-refractivity contribution >= 4 is 0 Å². The molecule has 0 amide bonds. The third kappa shape index (κ3) is 2.42. The summed E-state index contributed by atoms with van der Waals surface area (Å²) in [6.07, 6.45) is 3.19. The molecule has 2 atom stereocenters. The van der Waals surface area contributed by atoms with E-state index < -0.39 is 0 Å². The number of fused-ring (bicyclic) bond motifs is 1. The average Bonchev–Trinajstić information content (AvgIpc) is 3.05. The van der Waals surface area contributed by atoms with Crippen molar-refractivity contribution in [1.29, 1.82) is 0 Å². The number of benzene rings is 1. The Morgan fingerprint density at radius 1 is 1.19 bits per heavy atom. The number of aromatic nitrogens is 2. The number of nitrogens with one attached hydrogen (secondary N) is 1. The summed E-state index contributed by atoms with van der Waals surface area (Å²) in [5, 5.41) is 7.63. The van der Waals surface area contributed by atoms with Gasteiger partial charge in [-0.2, -0.15) is 4.98 Å². The summed E-state index contributed by atoms with van der Waals surface area (Å²) in [7, 11) is 0. The first-order chi connectivity index (χ1) is 10.4. The van der Waals surface area contributed by atoms with Crippen LogP contribution < -0.4 is 10.1 Å². The van der Waals surface area contributed by atoms with Crippen molar-refractivity contribution in [2.24, 2.45) is 0 Å². The van der Waals surface area contributed by atoms with E-state index in [0.29, 0.717) is 12.5 Å². The average molecular weight is 285 g/mol. The molecule has 4 rings (SSSR count). The fourth-order valence-corrected chi connectivity index (χ4v) is 3.23. The van der Waals surface area contributed by atoms with Gasteiger partial charge in [0, 0.05) is 12.1 Å². The lowest BCUT2D eigenvalue weighted by molar-refractivity contribution is 0.271. The Morgan fingerprint density at radius 2 is 2.14 bits per heavy atom. The van der Waals surface area contributed by atoms with Crippen LogP contribution in [0.25, 0.3) is 0 Å². The third-order valence-corrected chi connectivity index (χ3v) is 4.37. The van der Waals surface area contributed by atoms with E-state index in [2.05, 4.69) is 21.5 Å². The Bertz CT molecular complexity index is 619. The van der Waals surface area contributed by atoms with Gasteiger partial charge in [-0.3, -0.25) is 0 Å². The molecule has 0 aliphatic carbocycles. The minimum absolute atomic E-state index is 0.184. The van der Waals surface area contributed by atoms with Crippen LogP contribution in [-0.4, -0.2) is 29.8 Å². The number of nitrogens with zero attached hydrogens (tertiary/aromatic N) is 2. The number of hydrogen-bond acceptors (Lipinski definition) is 5. The highest BCUT2D eigenvalue weighted by Gasteiger charge is 2.29. The summed E-state index contributed by atoms with van der Waals surface area (Å²) >= 11 is 0. The van der Waals surface area contributed by atoms with Gasteiger partial charge in [0.1, 0.15) is 5.75 Å². The number of ether oxygens (including phenoxy) is 1. The van der Waals surface area contributed by atoms with Gasteiger partial charge in [-0.25, -0.2) is 0 Å². The summed E-state index contributed by atoms with van der Waals surface area (Å²) in [5.41, 5.74) is 1.16. The maximum absolute atomic E-state index is 5.70. The lowest BCUT2D eigenvalue weighted by Crippen LogP contribution is -2.28. The molecule has 2 aromatic rings. The predicted molar refractivity (Wildman–Crippen MR) is 77.5 cm³/mol. The van der Waals surface area contributed by atoms with Crippen molar-refractivity contribution in [3.63, 3.8) is 0 Å². The van der Waals surface area contributed by atoms with Gasteiger partial charge in [-0.15, -0.1) is 0 Å². The van der Waals surface area contributed by atoms with Crippen LogP contribution in [0.3, 0.4) is 0 Å². The molecular formula is C16H19N3O2. The van der Waals surface area contributed by atoms with Gasteiger partial charge in [0.05, 0.1) is 18.4 Å². The molecule has 110 valence electrons. The molecule has 21 heavy (non-hydrogen) atoms. The van der Waals surface area contributed by atoms with Gasteiger partial charge < -0.3 is 14.6 Å². The molecule has 1 saturated heterocycles. The van der Waals surface area contributed by atoms with Crippen molar-refractivity contribution in [2.45, 2.75) is 31.1 Å². The van der Waals surface area contributed by atoms with Crippen molar-refractivity contribution < 1.29 is 9.26 Å². The fraction of sp³-hybridized carbons (Fsp3) is 0.500. The molecule has 1 unspecified atom stereocenters. The van der Waals surface area contributed by atoms with E-state index in [1.165, 1.54) is 6.42 Å². The second kappa shape index (κ2) is 5.48. The van der Waals surface area contributed by atoms with E-state index in [1.54, 1.807) is 0 Å². The largest absolute Gasteiger partial charge is 0.493 e. The zero-order valence-electron chi connectivity index (χ0n) is 11.9. The molecule has 2 aliphatic rings. The molecule has 1 aromatic heterocycles. The Kier molecular flexibility index (Phi) is 3.35. The van der Waals surface area contributed by atoms with Crippen LogP contribution in [0.2, 0.25) is 0 Å². The standard InChI is InChI=1S/C16H19N3O2/c1-2-6-14-12(5-1)13(7-9-20-14)15-18-16(21-19-15)11-4-3-8-17-10-11/h1-2,5-6,11,13,17H,3-4,7-10H2/t11-,13?/m0/s1. The Balaban J connectivity index is 1.61. The molecule has 1 fully saturated rings. The highest BCUT2D eigenvalue weighted by Crippen LogP contribution is 2.37. The van der Waals surface area contributed by atoms with Crippen molar-refractivity contribution in [1.82, 2.24) is 15.5 Å². The molecular weight excluding hydrogens is 266 g/mol. The van der Waals surface area contributed by atoms with E-state index in [0.717, 1.165) is 49.0 Å². The van der Waals surface area contributed by atoms with Crippen LogP contribution in [-0.2, 0) is 0 Å². The molecule has 0 bridgehead atoms. The second-order valence-electron chi connectivity index (χ2n) is 5.76. The Morgan fingerprint density at radius 3 is 3.05 bits per heavy atom. The molecule has 5 heteroatoms. The highest BCUT2D eigenvalue weighted by molar-refractivity contribution is 5.40. The summed E-state index contributed by atoms with van der Waals surface area (Å²) < 4.78 is 11.2. The fourth-order valence-electron chi connectivity index (χ4n) is 3.23. The molecule has 1 aromatic carbocycles. The molecule has 0 spiro atoms. The molecule has 1 N–H and O–H groups in total. The van der Waals surface area contributed by atoms with Gasteiger partial charge in [-0.1, -0.05) is 23.4 Å². The van der Waals surface area contributed by atoms with Crippen LogP contribution in [0.1, 0.15) is 48.4 Å². The first-order valence-corrected chi connectivity index (χ1v) is 7.68. The van der Waals surface area contributed by atoms with Gasteiger partial charge in [0.2, 0.25) is 5.89 Å². The van der Waals surface area contributed by atoms with E-state index in [9.17, 15) is 0 Å². The van der Waals surface area contributed by atoms with Gasteiger partial charge >= 0.3 is 0 Å². The predicted octanol–water partition coefficient (Wildman–Crippen LogP) is 2.45. The topological polar surface area (TPSA) is 60.2 Å². The number of para-hydroxylation sites is 1.